The monoisotopic (exact) mass is 499 g/mol. The van der Waals surface area contributed by atoms with Crippen molar-refractivity contribution in [2.45, 2.75) is 64.7 Å². The van der Waals surface area contributed by atoms with E-state index in [0.717, 1.165) is 50.2 Å². The molecule has 2 aromatic rings. The van der Waals surface area contributed by atoms with E-state index in [2.05, 4.69) is 20.4 Å². The summed E-state index contributed by atoms with van der Waals surface area (Å²) >= 11 is 0. The van der Waals surface area contributed by atoms with Gasteiger partial charge < -0.3 is 24.5 Å². The number of carbonyl (C=O) groups excluding carboxylic acids is 1. The average Bonchev–Trinajstić information content (AvgIpc) is 3.37. The van der Waals surface area contributed by atoms with E-state index >= 15 is 0 Å². The smallest absolute Gasteiger partial charge is 0.415 e. The Bertz CT molecular complexity index is 1010. The van der Waals surface area contributed by atoms with E-state index in [-0.39, 0.29) is 30.3 Å². The van der Waals surface area contributed by atoms with Gasteiger partial charge in [-0.2, -0.15) is 0 Å². The summed E-state index contributed by atoms with van der Waals surface area (Å²) in [5.41, 5.74) is 1.19. The molecular formula is C26H37N5O5. The lowest BCUT2D eigenvalue weighted by Crippen LogP contribution is -2.35. The second kappa shape index (κ2) is 12.7. The van der Waals surface area contributed by atoms with Crippen LogP contribution in [0, 0.1) is 5.92 Å². The van der Waals surface area contributed by atoms with E-state index in [0.29, 0.717) is 30.0 Å². The van der Waals surface area contributed by atoms with Crippen molar-refractivity contribution in [2.75, 3.05) is 43.0 Å². The molecule has 2 N–H and O–H groups in total. The molecule has 0 bridgehead atoms. The first-order valence-electron chi connectivity index (χ1n) is 13.2. The van der Waals surface area contributed by atoms with Gasteiger partial charge in [0.15, 0.2) is 0 Å². The molecule has 2 heterocycles. The van der Waals surface area contributed by atoms with Crippen LogP contribution in [-0.4, -0.2) is 65.0 Å². The van der Waals surface area contributed by atoms with E-state index in [1.54, 1.807) is 18.2 Å². The van der Waals surface area contributed by atoms with Crippen molar-refractivity contribution in [1.29, 1.82) is 0 Å². The molecule has 1 aromatic heterocycles. The van der Waals surface area contributed by atoms with Gasteiger partial charge >= 0.3 is 12.1 Å². The first-order chi connectivity index (χ1) is 17.5. The Balaban J connectivity index is 1.44. The molecule has 2 fully saturated rings. The lowest BCUT2D eigenvalue weighted by Gasteiger charge is -2.26. The quantitative estimate of drug-likeness (QED) is 0.468. The molecule has 1 aliphatic heterocycles. The van der Waals surface area contributed by atoms with E-state index in [9.17, 15) is 14.7 Å². The number of aromatic nitrogens is 2. The van der Waals surface area contributed by atoms with Gasteiger partial charge in [-0.15, -0.1) is 5.10 Å². The summed E-state index contributed by atoms with van der Waals surface area (Å²) < 4.78 is 11.6. The summed E-state index contributed by atoms with van der Waals surface area (Å²) in [5, 5.41) is 20.8. The van der Waals surface area contributed by atoms with Crippen LogP contribution >= 0.6 is 0 Å². The number of carboxylic acid groups (broad SMARTS) is 1. The summed E-state index contributed by atoms with van der Waals surface area (Å²) in [6, 6.07) is 5.21. The number of ether oxygens (including phenoxy) is 1. The maximum absolute atomic E-state index is 12.7. The number of likely N-dealkylation sites (tertiary alicyclic amines) is 1. The van der Waals surface area contributed by atoms with Crippen LogP contribution in [0.5, 0.6) is 5.75 Å². The number of amides is 2. The van der Waals surface area contributed by atoms with Gasteiger partial charge in [-0.1, -0.05) is 30.8 Å². The van der Waals surface area contributed by atoms with Gasteiger partial charge in [0, 0.05) is 24.2 Å². The normalized spacial score (nSPS) is 17.0. The largest absolute Gasteiger partial charge is 0.493 e. The van der Waals surface area contributed by atoms with Crippen molar-refractivity contribution in [2.24, 2.45) is 5.92 Å². The van der Waals surface area contributed by atoms with Gasteiger partial charge in [0.2, 0.25) is 5.91 Å². The standard InChI is InChI=1S/C26H37N5O5/c1-2-35-22-18-20(27-23(32)19-10-5-3-6-11-19)12-13-21(22)24-28-29-25(36-24)31(26(33)34)17-9-16-30-14-7-4-8-15-30/h12-13,18-19H,2-11,14-17H2,1H3,(H,27,32)(H,33,34). The average molecular weight is 500 g/mol. The molecule has 0 atom stereocenters. The molecule has 1 aliphatic carbocycles. The maximum atomic E-state index is 12.7. The van der Waals surface area contributed by atoms with Gasteiger partial charge in [-0.25, -0.2) is 9.69 Å². The number of anilines is 2. The predicted molar refractivity (Wildman–Crippen MR) is 136 cm³/mol. The summed E-state index contributed by atoms with van der Waals surface area (Å²) in [4.78, 5) is 28.0. The maximum Gasteiger partial charge on any atom is 0.415 e. The summed E-state index contributed by atoms with van der Waals surface area (Å²) in [6.45, 7) is 5.52. The molecule has 10 nitrogen and oxygen atoms in total. The van der Waals surface area contributed by atoms with E-state index in [1.807, 2.05) is 6.92 Å². The number of benzene rings is 1. The lowest BCUT2D eigenvalue weighted by atomic mass is 9.88. The first-order valence-corrected chi connectivity index (χ1v) is 13.2. The van der Waals surface area contributed by atoms with Gasteiger partial charge in [0.1, 0.15) is 5.75 Å². The van der Waals surface area contributed by atoms with Crippen molar-refractivity contribution in [1.82, 2.24) is 15.1 Å². The zero-order valence-electron chi connectivity index (χ0n) is 21.1. The van der Waals surface area contributed by atoms with Crippen molar-refractivity contribution >= 4 is 23.7 Å². The van der Waals surface area contributed by atoms with Crippen LogP contribution < -0.4 is 15.0 Å². The van der Waals surface area contributed by atoms with Crippen LogP contribution in [0.3, 0.4) is 0 Å². The molecular weight excluding hydrogens is 462 g/mol. The van der Waals surface area contributed by atoms with Crippen molar-refractivity contribution in [3.8, 4) is 17.2 Å². The minimum atomic E-state index is -1.13. The Kier molecular flexibility index (Phi) is 9.16. The third-order valence-corrected chi connectivity index (χ3v) is 6.94. The molecule has 0 radical (unpaired) electrons. The third-order valence-electron chi connectivity index (χ3n) is 6.94. The Morgan fingerprint density at radius 1 is 1.14 bits per heavy atom. The predicted octanol–water partition coefficient (Wildman–Crippen LogP) is 5.01. The molecule has 0 unspecified atom stereocenters. The number of hydrogen-bond acceptors (Lipinski definition) is 7. The minimum absolute atomic E-state index is 0.0339. The Morgan fingerprint density at radius 2 is 1.89 bits per heavy atom. The molecule has 2 amide bonds. The fraction of sp³-hybridized carbons (Fsp3) is 0.615. The highest BCUT2D eigenvalue weighted by Gasteiger charge is 2.24. The van der Waals surface area contributed by atoms with Gasteiger partial charge in [0.05, 0.1) is 12.2 Å². The molecule has 1 saturated carbocycles. The fourth-order valence-corrected chi connectivity index (χ4v) is 5.00. The molecule has 1 aromatic carbocycles. The van der Waals surface area contributed by atoms with Crippen molar-refractivity contribution in [3.05, 3.63) is 18.2 Å². The minimum Gasteiger partial charge on any atom is -0.493 e. The fourth-order valence-electron chi connectivity index (χ4n) is 5.00. The number of nitrogens with one attached hydrogen (secondary N) is 1. The van der Waals surface area contributed by atoms with Crippen LogP contribution in [0.25, 0.3) is 11.5 Å². The van der Waals surface area contributed by atoms with Gasteiger partial charge in [-0.05, 0) is 70.8 Å². The molecule has 0 spiro atoms. The Hall–Kier alpha value is -3.14. The summed E-state index contributed by atoms with van der Waals surface area (Å²) in [7, 11) is 0. The third kappa shape index (κ3) is 6.75. The highest BCUT2D eigenvalue weighted by Crippen LogP contribution is 2.34. The molecule has 10 heteroatoms. The van der Waals surface area contributed by atoms with Gasteiger partial charge in [-0.3, -0.25) is 4.79 Å². The Morgan fingerprint density at radius 3 is 2.61 bits per heavy atom. The van der Waals surface area contributed by atoms with Crippen molar-refractivity contribution in [3.63, 3.8) is 0 Å². The molecule has 36 heavy (non-hydrogen) atoms. The summed E-state index contributed by atoms with van der Waals surface area (Å²) in [5.74, 6) is 0.734. The second-order valence-electron chi connectivity index (χ2n) is 9.55. The zero-order valence-corrected chi connectivity index (χ0v) is 21.1. The first kappa shape index (κ1) is 25.9. The highest BCUT2D eigenvalue weighted by molar-refractivity contribution is 5.93. The highest BCUT2D eigenvalue weighted by atomic mass is 16.5. The van der Waals surface area contributed by atoms with Gasteiger partial charge in [0.25, 0.3) is 5.89 Å². The molecule has 4 rings (SSSR count). The number of hydrogen-bond donors (Lipinski definition) is 2. The lowest BCUT2D eigenvalue weighted by molar-refractivity contribution is -0.120. The van der Waals surface area contributed by atoms with E-state index in [1.165, 1.54) is 25.7 Å². The van der Waals surface area contributed by atoms with E-state index in [4.69, 9.17) is 9.15 Å². The number of carbonyl (C=O) groups is 2. The van der Waals surface area contributed by atoms with E-state index < -0.39 is 6.09 Å². The molecule has 1 saturated heterocycles. The van der Waals surface area contributed by atoms with Crippen LogP contribution in [0.4, 0.5) is 16.5 Å². The van der Waals surface area contributed by atoms with Crippen LogP contribution in [0.1, 0.15) is 64.7 Å². The topological polar surface area (TPSA) is 121 Å². The van der Waals surface area contributed by atoms with Crippen LogP contribution in [0.15, 0.2) is 22.6 Å². The SMILES string of the molecule is CCOc1cc(NC(=O)C2CCCCC2)ccc1-c1nnc(N(CCCN2CCCCC2)C(=O)O)o1. The number of rotatable bonds is 10. The number of piperidine rings is 1. The van der Waals surface area contributed by atoms with Crippen molar-refractivity contribution < 1.29 is 23.8 Å². The molecule has 2 aliphatic rings. The zero-order chi connectivity index (χ0) is 25.3. The second-order valence-corrected chi connectivity index (χ2v) is 9.55. The number of nitrogens with zero attached hydrogens (tertiary/aromatic N) is 4. The van der Waals surface area contributed by atoms with Crippen LogP contribution in [0.2, 0.25) is 0 Å². The summed E-state index contributed by atoms with van der Waals surface area (Å²) in [6.07, 6.45) is 8.42. The Labute approximate surface area is 212 Å². The molecule has 196 valence electrons. The van der Waals surface area contributed by atoms with Crippen LogP contribution in [-0.2, 0) is 4.79 Å².